The highest BCUT2D eigenvalue weighted by molar-refractivity contribution is 5.83. The highest BCUT2D eigenvalue weighted by Crippen LogP contribution is 2.23. The Bertz CT molecular complexity index is 214. The summed E-state index contributed by atoms with van der Waals surface area (Å²) < 4.78 is 0. The minimum atomic E-state index is -0.940. The van der Waals surface area contributed by atoms with Crippen molar-refractivity contribution < 1.29 is 14.7 Å². The molecule has 0 spiro atoms. The Morgan fingerprint density at radius 3 is 2.58 bits per heavy atom. The standard InChI is InChI=1S/C8H13NO3/c1-5-3-7(10)9(6(5)2)4-8(11)12/h5-6H,3-4H2,1-2H3,(H,11,12). The molecule has 4 heteroatoms. The lowest BCUT2D eigenvalue weighted by atomic mass is 10.1. The van der Waals surface area contributed by atoms with E-state index in [1.807, 2.05) is 13.8 Å². The van der Waals surface area contributed by atoms with E-state index in [0.717, 1.165) is 0 Å². The molecule has 0 aromatic heterocycles. The second-order valence-corrected chi connectivity index (χ2v) is 3.34. The summed E-state index contributed by atoms with van der Waals surface area (Å²) in [7, 11) is 0. The van der Waals surface area contributed by atoms with Crippen LogP contribution in [0, 0.1) is 5.92 Å². The molecule has 0 radical (unpaired) electrons. The summed E-state index contributed by atoms with van der Waals surface area (Å²) in [6, 6.07) is 0.0635. The molecule has 0 aromatic carbocycles. The highest BCUT2D eigenvalue weighted by Gasteiger charge is 2.34. The lowest BCUT2D eigenvalue weighted by Gasteiger charge is -2.20. The molecule has 1 N–H and O–H groups in total. The first-order valence-electron chi connectivity index (χ1n) is 4.03. The van der Waals surface area contributed by atoms with E-state index >= 15 is 0 Å². The van der Waals surface area contributed by atoms with Gasteiger partial charge in [-0.05, 0) is 12.8 Å². The molecule has 1 rings (SSSR count). The van der Waals surface area contributed by atoms with Gasteiger partial charge in [0.05, 0.1) is 0 Å². The smallest absolute Gasteiger partial charge is 0.323 e. The quantitative estimate of drug-likeness (QED) is 0.651. The molecule has 1 fully saturated rings. The van der Waals surface area contributed by atoms with Crippen molar-refractivity contribution in [1.82, 2.24) is 4.90 Å². The van der Waals surface area contributed by atoms with Crippen LogP contribution in [-0.4, -0.2) is 34.5 Å². The summed E-state index contributed by atoms with van der Waals surface area (Å²) >= 11 is 0. The third kappa shape index (κ3) is 1.57. The first kappa shape index (κ1) is 9.03. The minimum Gasteiger partial charge on any atom is -0.480 e. The molecule has 68 valence electrons. The molecule has 0 aromatic rings. The normalized spacial score (nSPS) is 29.5. The monoisotopic (exact) mass is 171 g/mol. The Morgan fingerprint density at radius 1 is 1.67 bits per heavy atom. The van der Waals surface area contributed by atoms with Gasteiger partial charge in [0, 0.05) is 12.5 Å². The highest BCUT2D eigenvalue weighted by atomic mass is 16.4. The molecule has 4 nitrogen and oxygen atoms in total. The van der Waals surface area contributed by atoms with Crippen molar-refractivity contribution >= 4 is 11.9 Å². The third-order valence-electron chi connectivity index (χ3n) is 2.44. The summed E-state index contributed by atoms with van der Waals surface area (Å²) in [4.78, 5) is 23.0. The maximum Gasteiger partial charge on any atom is 0.323 e. The van der Waals surface area contributed by atoms with Crippen molar-refractivity contribution in [3.05, 3.63) is 0 Å². The van der Waals surface area contributed by atoms with Crippen LogP contribution in [0.15, 0.2) is 0 Å². The molecule has 2 atom stereocenters. The predicted octanol–water partition coefficient (Wildman–Crippen LogP) is 0.328. The number of likely N-dealkylation sites (tertiary alicyclic amines) is 1. The Balaban J connectivity index is 2.63. The van der Waals surface area contributed by atoms with Crippen LogP contribution >= 0.6 is 0 Å². The van der Waals surface area contributed by atoms with Gasteiger partial charge in [0.15, 0.2) is 0 Å². The Kier molecular flexibility index (Phi) is 2.35. The SMILES string of the molecule is CC1CC(=O)N(CC(=O)O)C1C. The number of aliphatic carboxylic acids is 1. The van der Waals surface area contributed by atoms with Gasteiger partial charge < -0.3 is 10.0 Å². The fraction of sp³-hybridized carbons (Fsp3) is 0.750. The first-order valence-corrected chi connectivity index (χ1v) is 4.03. The van der Waals surface area contributed by atoms with Crippen molar-refractivity contribution in [2.45, 2.75) is 26.3 Å². The van der Waals surface area contributed by atoms with Crippen molar-refractivity contribution in [2.75, 3.05) is 6.54 Å². The molecule has 1 aliphatic rings. The minimum absolute atomic E-state index is 0.0441. The number of nitrogens with zero attached hydrogens (tertiary/aromatic N) is 1. The van der Waals surface area contributed by atoms with Crippen LogP contribution in [-0.2, 0) is 9.59 Å². The largest absolute Gasteiger partial charge is 0.480 e. The maximum absolute atomic E-state index is 11.2. The van der Waals surface area contributed by atoms with Crippen LogP contribution < -0.4 is 0 Å². The van der Waals surface area contributed by atoms with Gasteiger partial charge in [-0.25, -0.2) is 0 Å². The molecule has 1 heterocycles. The number of amides is 1. The van der Waals surface area contributed by atoms with E-state index in [-0.39, 0.29) is 24.4 Å². The number of carboxylic acids is 1. The third-order valence-corrected chi connectivity index (χ3v) is 2.44. The fourth-order valence-corrected chi connectivity index (χ4v) is 1.48. The second-order valence-electron chi connectivity index (χ2n) is 3.34. The maximum atomic E-state index is 11.2. The Hall–Kier alpha value is -1.06. The summed E-state index contributed by atoms with van der Waals surface area (Å²) in [5, 5.41) is 8.50. The summed E-state index contributed by atoms with van der Waals surface area (Å²) in [5.74, 6) is -0.710. The molecule has 0 saturated carbocycles. The number of hydrogen-bond donors (Lipinski definition) is 1. The lowest BCUT2D eigenvalue weighted by molar-refractivity contribution is -0.143. The molecule has 1 amide bonds. The lowest BCUT2D eigenvalue weighted by Crippen LogP contribution is -2.36. The number of rotatable bonds is 2. The molecule has 1 aliphatic heterocycles. The van der Waals surface area contributed by atoms with Crippen LogP contribution in [0.1, 0.15) is 20.3 Å². The van der Waals surface area contributed by atoms with E-state index in [2.05, 4.69) is 0 Å². The summed E-state index contributed by atoms with van der Waals surface area (Å²) in [6.07, 6.45) is 0.481. The van der Waals surface area contributed by atoms with Crippen molar-refractivity contribution in [2.24, 2.45) is 5.92 Å². The van der Waals surface area contributed by atoms with Gasteiger partial charge in [0.25, 0.3) is 0 Å². The van der Waals surface area contributed by atoms with Crippen LogP contribution in [0.5, 0.6) is 0 Å². The van der Waals surface area contributed by atoms with Gasteiger partial charge in [-0.3, -0.25) is 9.59 Å². The molecular formula is C8H13NO3. The van der Waals surface area contributed by atoms with E-state index in [0.29, 0.717) is 6.42 Å². The number of carbonyl (C=O) groups excluding carboxylic acids is 1. The summed E-state index contributed by atoms with van der Waals surface area (Å²) in [6.45, 7) is 3.69. The van der Waals surface area contributed by atoms with Gasteiger partial charge in [-0.15, -0.1) is 0 Å². The van der Waals surface area contributed by atoms with Crippen LogP contribution in [0.3, 0.4) is 0 Å². The molecular weight excluding hydrogens is 158 g/mol. The average Bonchev–Trinajstić information content (AvgIpc) is 2.16. The number of hydrogen-bond acceptors (Lipinski definition) is 2. The topological polar surface area (TPSA) is 57.6 Å². The van der Waals surface area contributed by atoms with E-state index in [1.54, 1.807) is 0 Å². The van der Waals surface area contributed by atoms with E-state index < -0.39 is 5.97 Å². The Morgan fingerprint density at radius 2 is 2.25 bits per heavy atom. The zero-order valence-corrected chi connectivity index (χ0v) is 7.28. The van der Waals surface area contributed by atoms with Gasteiger partial charge in [0.1, 0.15) is 6.54 Å². The van der Waals surface area contributed by atoms with Crippen molar-refractivity contribution in [1.29, 1.82) is 0 Å². The summed E-state index contributed by atoms with van der Waals surface area (Å²) in [5.41, 5.74) is 0. The zero-order valence-electron chi connectivity index (χ0n) is 7.28. The molecule has 12 heavy (non-hydrogen) atoms. The van der Waals surface area contributed by atoms with Gasteiger partial charge >= 0.3 is 5.97 Å². The van der Waals surface area contributed by atoms with Crippen molar-refractivity contribution in [3.63, 3.8) is 0 Å². The number of carbonyl (C=O) groups is 2. The molecule has 0 aliphatic carbocycles. The second kappa shape index (κ2) is 3.13. The average molecular weight is 171 g/mol. The molecule has 0 bridgehead atoms. The van der Waals surface area contributed by atoms with E-state index in [9.17, 15) is 9.59 Å². The Labute approximate surface area is 71.2 Å². The molecule has 2 unspecified atom stereocenters. The molecule has 1 saturated heterocycles. The van der Waals surface area contributed by atoms with Gasteiger partial charge in [-0.1, -0.05) is 6.92 Å². The van der Waals surface area contributed by atoms with Crippen LogP contribution in [0.2, 0.25) is 0 Å². The van der Waals surface area contributed by atoms with Gasteiger partial charge in [-0.2, -0.15) is 0 Å². The van der Waals surface area contributed by atoms with Gasteiger partial charge in [0.2, 0.25) is 5.91 Å². The first-order chi connectivity index (χ1) is 5.52. The predicted molar refractivity (Wildman–Crippen MR) is 42.6 cm³/mol. The van der Waals surface area contributed by atoms with E-state index in [1.165, 1.54) is 4.90 Å². The van der Waals surface area contributed by atoms with Crippen LogP contribution in [0.4, 0.5) is 0 Å². The van der Waals surface area contributed by atoms with Crippen molar-refractivity contribution in [3.8, 4) is 0 Å². The zero-order chi connectivity index (χ0) is 9.30. The fourth-order valence-electron chi connectivity index (χ4n) is 1.48. The number of carboxylic acid groups (broad SMARTS) is 1. The van der Waals surface area contributed by atoms with Crippen LogP contribution in [0.25, 0.3) is 0 Å². The van der Waals surface area contributed by atoms with E-state index in [4.69, 9.17) is 5.11 Å².